The van der Waals surface area contributed by atoms with E-state index in [4.69, 9.17) is 22.1 Å². The molecule has 3 heterocycles. The molecule has 1 aromatic carbocycles. The van der Waals surface area contributed by atoms with E-state index >= 15 is 0 Å². The van der Waals surface area contributed by atoms with Crippen LogP contribution in [0.25, 0.3) is 11.2 Å². The average Bonchev–Trinajstić information content (AvgIpc) is 3.43. The molecule has 9 nitrogen and oxygen atoms in total. The van der Waals surface area contributed by atoms with Crippen LogP contribution in [0.2, 0.25) is 5.02 Å². The highest BCUT2D eigenvalue weighted by Crippen LogP contribution is 2.37. The first kappa shape index (κ1) is 22.7. The van der Waals surface area contributed by atoms with Crippen LogP contribution in [0.15, 0.2) is 18.3 Å². The number of nitrogens with one attached hydrogen (secondary N) is 2. The van der Waals surface area contributed by atoms with Gasteiger partial charge in [-0.15, -0.1) is 0 Å². The quantitative estimate of drug-likeness (QED) is 0.478. The van der Waals surface area contributed by atoms with Crippen molar-refractivity contribution in [3.63, 3.8) is 0 Å². The Morgan fingerprint density at radius 3 is 2.53 bits per heavy atom. The lowest BCUT2D eigenvalue weighted by Crippen LogP contribution is -2.29. The number of nitrogens with two attached hydrogens (primary N) is 1. The number of rotatable bonds is 6. The molecule has 0 radical (unpaired) electrons. The van der Waals surface area contributed by atoms with E-state index in [1.165, 1.54) is 0 Å². The Morgan fingerprint density at radius 1 is 1.15 bits per heavy atom. The van der Waals surface area contributed by atoms with Gasteiger partial charge in [-0.2, -0.15) is 4.98 Å². The monoisotopic (exact) mass is 491 g/mol. The van der Waals surface area contributed by atoms with Crippen molar-refractivity contribution in [3.05, 3.63) is 35.0 Å². The van der Waals surface area contributed by atoms with E-state index in [0.29, 0.717) is 56.0 Å². The van der Waals surface area contributed by atoms with Crippen LogP contribution >= 0.6 is 11.6 Å². The normalized spacial score (nSPS) is 22.7. The van der Waals surface area contributed by atoms with Crippen molar-refractivity contribution in [1.82, 2.24) is 19.5 Å². The molecule has 1 amide bonds. The van der Waals surface area contributed by atoms with Gasteiger partial charge in [0.05, 0.1) is 18.8 Å². The number of aromatic nitrogens is 4. The topological polar surface area (TPSA) is 120 Å². The molecule has 0 spiro atoms. The predicted molar refractivity (Wildman–Crippen MR) is 123 cm³/mol. The zero-order chi connectivity index (χ0) is 23.8. The van der Waals surface area contributed by atoms with Crippen LogP contribution in [-0.2, 0) is 9.53 Å². The smallest absolute Gasteiger partial charge is 0.225 e. The summed E-state index contributed by atoms with van der Waals surface area (Å²) in [7, 11) is 0. The van der Waals surface area contributed by atoms with Gasteiger partial charge in [-0.25, -0.2) is 18.7 Å². The number of imidazole rings is 1. The van der Waals surface area contributed by atoms with Crippen LogP contribution in [0.5, 0.6) is 0 Å². The van der Waals surface area contributed by atoms with Gasteiger partial charge in [0.15, 0.2) is 17.3 Å². The maximum absolute atomic E-state index is 14.5. The molecular weight excluding hydrogens is 468 g/mol. The number of ether oxygens (including phenoxy) is 1. The molecule has 2 fully saturated rings. The number of hydrogen-bond donors (Lipinski definition) is 3. The van der Waals surface area contributed by atoms with E-state index in [0.717, 1.165) is 18.6 Å². The summed E-state index contributed by atoms with van der Waals surface area (Å²) in [6.45, 7) is 1.24. The fraction of sp³-hybridized carbons (Fsp3) is 0.455. The highest BCUT2D eigenvalue weighted by atomic mass is 35.5. The van der Waals surface area contributed by atoms with Crippen molar-refractivity contribution in [2.24, 2.45) is 11.7 Å². The van der Waals surface area contributed by atoms with Crippen molar-refractivity contribution in [3.8, 4) is 0 Å². The number of amides is 1. The maximum atomic E-state index is 14.5. The molecule has 2 aliphatic rings. The zero-order valence-electron chi connectivity index (χ0n) is 18.2. The Balaban J connectivity index is 1.54. The van der Waals surface area contributed by atoms with E-state index in [1.54, 1.807) is 6.20 Å². The van der Waals surface area contributed by atoms with Gasteiger partial charge in [-0.3, -0.25) is 9.36 Å². The van der Waals surface area contributed by atoms with E-state index in [1.807, 2.05) is 4.57 Å². The van der Waals surface area contributed by atoms with Gasteiger partial charge >= 0.3 is 0 Å². The molecule has 2 aromatic heterocycles. The third-order valence-corrected chi connectivity index (χ3v) is 6.62. The standard InChI is InChI=1S/C22H24ClF2N7O2/c23-12-7-15(24)18(16(25)8-12)30-22-29-17-9-27-21(28-13-5-6-34-10-13)31-20(17)32(22)14-3-1-11(2-4-14)19(26)33/h7-9,11,13-14H,1-6,10H2,(H2,26,33)(H,29,30)(H,27,28,31)/t11-,13-,14+/m0/s1. The summed E-state index contributed by atoms with van der Waals surface area (Å²) in [4.78, 5) is 25.2. The molecule has 1 aliphatic heterocycles. The van der Waals surface area contributed by atoms with Crippen molar-refractivity contribution in [2.45, 2.75) is 44.2 Å². The molecule has 1 aliphatic carbocycles. The SMILES string of the molecule is NC(=O)[C@H]1CC[C@@H](n2c(Nc3c(F)cc(Cl)cc3F)nc3cnc(N[C@H]4CCOC4)nc32)CC1. The first-order valence-corrected chi connectivity index (χ1v) is 11.6. The Morgan fingerprint density at radius 2 is 1.88 bits per heavy atom. The second-order valence-corrected chi connectivity index (χ2v) is 9.13. The number of fused-ring (bicyclic) bond motifs is 1. The van der Waals surface area contributed by atoms with Crippen molar-refractivity contribution < 1.29 is 18.3 Å². The second-order valence-electron chi connectivity index (χ2n) is 8.69. The number of carbonyl (C=O) groups excluding carboxylic acids is 1. The fourth-order valence-corrected chi connectivity index (χ4v) is 4.81. The van der Waals surface area contributed by atoms with Gasteiger partial charge in [0.25, 0.3) is 0 Å². The first-order valence-electron chi connectivity index (χ1n) is 11.2. The van der Waals surface area contributed by atoms with Crippen LogP contribution in [0, 0.1) is 17.6 Å². The maximum Gasteiger partial charge on any atom is 0.225 e. The first-order chi connectivity index (χ1) is 16.4. The summed E-state index contributed by atoms with van der Waals surface area (Å²) in [6, 6.07) is 2.07. The molecule has 1 saturated heterocycles. The van der Waals surface area contributed by atoms with Crippen molar-refractivity contribution >= 4 is 46.3 Å². The molecule has 4 N–H and O–H groups in total. The lowest BCUT2D eigenvalue weighted by Gasteiger charge is -2.29. The number of anilines is 3. The van der Waals surface area contributed by atoms with E-state index in [2.05, 4.69) is 25.6 Å². The largest absolute Gasteiger partial charge is 0.379 e. The Hall–Kier alpha value is -3.05. The number of carbonyl (C=O) groups is 1. The summed E-state index contributed by atoms with van der Waals surface area (Å²) in [5, 5.41) is 6.01. The Kier molecular flexibility index (Phi) is 6.22. The van der Waals surface area contributed by atoms with E-state index in [9.17, 15) is 13.6 Å². The van der Waals surface area contributed by atoms with Crippen LogP contribution in [0.1, 0.15) is 38.1 Å². The summed E-state index contributed by atoms with van der Waals surface area (Å²) in [5.41, 5.74) is 6.13. The molecule has 3 aromatic rings. The minimum absolute atomic E-state index is 0.0451. The second kappa shape index (κ2) is 9.30. The summed E-state index contributed by atoms with van der Waals surface area (Å²) >= 11 is 5.77. The average molecular weight is 492 g/mol. The number of halogens is 3. The summed E-state index contributed by atoms with van der Waals surface area (Å²) < 4.78 is 36.3. The minimum atomic E-state index is -0.837. The molecule has 12 heteroatoms. The van der Waals surface area contributed by atoms with Gasteiger partial charge in [0.1, 0.15) is 11.2 Å². The number of nitrogens with zero attached hydrogens (tertiary/aromatic N) is 4. The lowest BCUT2D eigenvalue weighted by molar-refractivity contribution is -0.122. The van der Waals surface area contributed by atoms with Gasteiger partial charge in [0.2, 0.25) is 17.8 Å². The molecule has 0 bridgehead atoms. The number of benzene rings is 1. The van der Waals surface area contributed by atoms with Crippen LogP contribution in [0.4, 0.5) is 26.4 Å². The summed E-state index contributed by atoms with van der Waals surface area (Å²) in [6.07, 6.45) is 4.92. The molecule has 1 saturated carbocycles. The minimum Gasteiger partial charge on any atom is -0.379 e. The van der Waals surface area contributed by atoms with Crippen LogP contribution in [-0.4, -0.2) is 44.7 Å². The molecule has 34 heavy (non-hydrogen) atoms. The van der Waals surface area contributed by atoms with E-state index in [-0.39, 0.29) is 40.6 Å². The molecular formula is C22H24ClF2N7O2. The number of hydrogen-bond acceptors (Lipinski definition) is 7. The lowest BCUT2D eigenvalue weighted by atomic mass is 9.85. The summed E-state index contributed by atoms with van der Waals surface area (Å²) in [5.74, 6) is -1.53. The molecule has 0 unspecified atom stereocenters. The fourth-order valence-electron chi connectivity index (χ4n) is 4.62. The van der Waals surface area contributed by atoms with Crippen molar-refractivity contribution in [2.75, 3.05) is 23.8 Å². The Labute approximate surface area is 199 Å². The van der Waals surface area contributed by atoms with Crippen molar-refractivity contribution in [1.29, 1.82) is 0 Å². The Bertz CT molecular complexity index is 1200. The van der Waals surface area contributed by atoms with Gasteiger partial charge < -0.3 is 21.1 Å². The van der Waals surface area contributed by atoms with Gasteiger partial charge in [0, 0.05) is 23.6 Å². The van der Waals surface area contributed by atoms with E-state index < -0.39 is 11.6 Å². The third kappa shape index (κ3) is 4.49. The molecule has 1 atom stereocenters. The molecule has 180 valence electrons. The predicted octanol–water partition coefficient (Wildman–Crippen LogP) is 3.92. The van der Waals surface area contributed by atoms with Crippen LogP contribution < -0.4 is 16.4 Å². The number of primary amides is 1. The van der Waals surface area contributed by atoms with Gasteiger partial charge in [-0.05, 0) is 44.2 Å². The highest BCUT2D eigenvalue weighted by molar-refractivity contribution is 6.30. The van der Waals surface area contributed by atoms with Gasteiger partial charge in [-0.1, -0.05) is 11.6 Å². The highest BCUT2D eigenvalue weighted by Gasteiger charge is 2.30. The zero-order valence-corrected chi connectivity index (χ0v) is 19.0. The van der Waals surface area contributed by atoms with Crippen LogP contribution in [0.3, 0.4) is 0 Å². The third-order valence-electron chi connectivity index (χ3n) is 6.40. The molecule has 5 rings (SSSR count).